The summed E-state index contributed by atoms with van der Waals surface area (Å²) in [6.07, 6.45) is 2.01. The SMILES string of the molecule is CC(C)(C)O.COc1ccc2c(n1)-c1cc(-c3ccc(C)cc3)c(CC(=O)O)c(C)c1N(SC)C2. The number of aromatic nitrogens is 1. The number of anilines is 1. The number of carboxylic acids is 1. The van der Waals surface area contributed by atoms with Gasteiger partial charge in [0.05, 0.1) is 37.1 Å². The molecule has 0 atom stereocenters. The van der Waals surface area contributed by atoms with E-state index in [4.69, 9.17) is 14.8 Å². The summed E-state index contributed by atoms with van der Waals surface area (Å²) in [4.78, 5) is 16.5. The van der Waals surface area contributed by atoms with Crippen LogP contribution >= 0.6 is 11.9 Å². The third-order valence-electron chi connectivity index (χ3n) is 5.57. The van der Waals surface area contributed by atoms with E-state index in [1.165, 1.54) is 5.56 Å². The lowest BCUT2D eigenvalue weighted by atomic mass is 9.86. The van der Waals surface area contributed by atoms with Gasteiger partial charge in [-0.2, -0.15) is 0 Å². The van der Waals surface area contributed by atoms with E-state index in [0.29, 0.717) is 12.4 Å². The first-order chi connectivity index (χ1) is 16.4. The van der Waals surface area contributed by atoms with Crippen LogP contribution < -0.4 is 9.04 Å². The van der Waals surface area contributed by atoms with E-state index in [9.17, 15) is 9.90 Å². The third-order valence-corrected chi connectivity index (χ3v) is 6.32. The van der Waals surface area contributed by atoms with Crippen LogP contribution in [0.4, 0.5) is 5.69 Å². The van der Waals surface area contributed by atoms with Gasteiger partial charge in [0.15, 0.2) is 0 Å². The van der Waals surface area contributed by atoms with E-state index in [-0.39, 0.29) is 6.42 Å². The van der Waals surface area contributed by atoms with Crippen molar-refractivity contribution < 1.29 is 19.7 Å². The Morgan fingerprint density at radius 3 is 2.29 bits per heavy atom. The first-order valence-corrected chi connectivity index (χ1v) is 12.6. The number of aryl methyl sites for hydroxylation is 1. The van der Waals surface area contributed by atoms with Crippen LogP contribution in [-0.4, -0.2) is 40.1 Å². The molecule has 0 amide bonds. The van der Waals surface area contributed by atoms with E-state index >= 15 is 0 Å². The zero-order valence-electron chi connectivity index (χ0n) is 21.5. The lowest BCUT2D eigenvalue weighted by Gasteiger charge is -2.33. The summed E-state index contributed by atoms with van der Waals surface area (Å²) in [5.41, 5.74) is 8.49. The molecule has 186 valence electrons. The molecule has 0 fully saturated rings. The second-order valence-electron chi connectivity index (χ2n) is 9.61. The highest BCUT2D eigenvalue weighted by Crippen LogP contribution is 2.47. The number of pyridine rings is 1. The Morgan fingerprint density at radius 2 is 1.74 bits per heavy atom. The number of aliphatic hydroxyl groups is 1. The second kappa shape index (κ2) is 10.7. The number of ether oxygens (including phenoxy) is 1. The summed E-state index contributed by atoms with van der Waals surface area (Å²) < 4.78 is 7.59. The Balaban J connectivity index is 0.000000623. The standard InChI is InChI=1S/C24H24N2O3S.C4H10O/c1-14-5-7-16(8-6-14)19-11-20-23-17(9-10-21(25-23)29-3)13-26(30-4)24(20)15(2)18(19)12-22(27)28;1-4(2,3)5/h5-11H,12-13H2,1-4H3,(H,27,28);5H,1-3H3. The van der Waals surface area contributed by atoms with Crippen LogP contribution in [0.15, 0.2) is 42.5 Å². The normalized spacial score (nSPS) is 12.3. The summed E-state index contributed by atoms with van der Waals surface area (Å²) >= 11 is 1.63. The molecule has 0 unspecified atom stereocenters. The average Bonchev–Trinajstić information content (AvgIpc) is 2.79. The van der Waals surface area contributed by atoms with Gasteiger partial charge in [-0.3, -0.25) is 4.79 Å². The molecule has 1 aromatic heterocycles. The number of hydrogen-bond acceptors (Lipinski definition) is 6. The number of rotatable bonds is 5. The molecule has 0 bridgehead atoms. The van der Waals surface area contributed by atoms with Crippen LogP contribution in [0.3, 0.4) is 0 Å². The summed E-state index contributed by atoms with van der Waals surface area (Å²) in [7, 11) is 1.62. The van der Waals surface area contributed by atoms with E-state index in [1.54, 1.807) is 39.8 Å². The molecule has 3 aromatic rings. The molecule has 6 nitrogen and oxygen atoms in total. The maximum absolute atomic E-state index is 11.7. The van der Waals surface area contributed by atoms with Crippen molar-refractivity contribution in [3.8, 4) is 28.3 Å². The molecule has 0 saturated carbocycles. The number of fused-ring (bicyclic) bond motifs is 3. The van der Waals surface area contributed by atoms with E-state index in [1.807, 2.05) is 26.2 Å². The Morgan fingerprint density at radius 1 is 1.11 bits per heavy atom. The van der Waals surface area contributed by atoms with Gasteiger partial charge in [-0.15, -0.1) is 0 Å². The van der Waals surface area contributed by atoms with E-state index < -0.39 is 11.6 Å². The van der Waals surface area contributed by atoms with Crippen molar-refractivity contribution in [3.63, 3.8) is 0 Å². The molecule has 1 aliphatic rings. The minimum Gasteiger partial charge on any atom is -0.481 e. The molecule has 1 aliphatic heterocycles. The zero-order chi connectivity index (χ0) is 25.9. The van der Waals surface area contributed by atoms with Gasteiger partial charge < -0.3 is 19.3 Å². The van der Waals surface area contributed by atoms with Gasteiger partial charge in [0.25, 0.3) is 0 Å². The van der Waals surface area contributed by atoms with Crippen LogP contribution in [0.5, 0.6) is 5.88 Å². The van der Waals surface area contributed by atoms with E-state index in [2.05, 4.69) is 40.7 Å². The summed E-state index contributed by atoms with van der Waals surface area (Å²) in [5, 5.41) is 18.1. The van der Waals surface area contributed by atoms with Crippen molar-refractivity contribution in [1.82, 2.24) is 4.98 Å². The minimum absolute atomic E-state index is 0.0249. The quantitative estimate of drug-likeness (QED) is 0.418. The van der Waals surface area contributed by atoms with Crippen LogP contribution in [0.1, 0.15) is 43.0 Å². The smallest absolute Gasteiger partial charge is 0.307 e. The Labute approximate surface area is 212 Å². The topological polar surface area (TPSA) is 82.9 Å². The molecule has 4 rings (SSSR count). The van der Waals surface area contributed by atoms with Crippen LogP contribution in [-0.2, 0) is 17.8 Å². The van der Waals surface area contributed by atoms with Crippen LogP contribution in [0.25, 0.3) is 22.4 Å². The molecule has 7 heteroatoms. The Hall–Kier alpha value is -3.03. The largest absolute Gasteiger partial charge is 0.481 e. The van der Waals surface area contributed by atoms with Gasteiger partial charge in [-0.05, 0) is 74.6 Å². The number of carboxylic acid groups (broad SMARTS) is 1. The van der Waals surface area contributed by atoms with Gasteiger partial charge >= 0.3 is 5.97 Å². The van der Waals surface area contributed by atoms with Gasteiger partial charge in [-0.1, -0.05) is 41.8 Å². The number of nitrogens with zero attached hydrogens (tertiary/aromatic N) is 2. The fourth-order valence-electron chi connectivity index (χ4n) is 4.05. The molecule has 2 aromatic carbocycles. The molecule has 35 heavy (non-hydrogen) atoms. The lowest BCUT2D eigenvalue weighted by molar-refractivity contribution is -0.136. The fourth-order valence-corrected chi connectivity index (χ4v) is 4.74. The molecule has 0 spiro atoms. The Bertz CT molecular complexity index is 1210. The molecular formula is C28H34N2O4S. The molecule has 0 radical (unpaired) electrons. The van der Waals surface area contributed by atoms with E-state index in [0.717, 1.165) is 44.8 Å². The number of benzene rings is 2. The highest BCUT2D eigenvalue weighted by Gasteiger charge is 2.29. The van der Waals surface area contributed by atoms with Crippen molar-refractivity contribution in [2.45, 2.75) is 53.2 Å². The van der Waals surface area contributed by atoms with Crippen molar-refractivity contribution in [2.24, 2.45) is 0 Å². The molecule has 0 aliphatic carbocycles. The molecule has 2 heterocycles. The minimum atomic E-state index is -0.835. The van der Waals surface area contributed by atoms with Gasteiger partial charge in [-0.25, -0.2) is 4.98 Å². The number of methoxy groups -OCH3 is 1. The van der Waals surface area contributed by atoms with Crippen LogP contribution in [0.2, 0.25) is 0 Å². The number of carbonyl (C=O) groups is 1. The summed E-state index contributed by atoms with van der Waals surface area (Å²) in [5.74, 6) is -0.264. The lowest BCUT2D eigenvalue weighted by Crippen LogP contribution is -2.22. The summed E-state index contributed by atoms with van der Waals surface area (Å²) in [6.45, 7) is 10.00. The highest BCUT2D eigenvalue weighted by molar-refractivity contribution is 7.99. The monoisotopic (exact) mass is 494 g/mol. The predicted octanol–water partition coefficient (Wildman–Crippen LogP) is 6.04. The molecule has 2 N–H and O–H groups in total. The molecular weight excluding hydrogens is 460 g/mol. The Kier molecular flexibility index (Phi) is 8.13. The van der Waals surface area contributed by atoms with Gasteiger partial charge in [0, 0.05) is 17.9 Å². The first-order valence-electron chi connectivity index (χ1n) is 11.5. The first kappa shape index (κ1) is 26.6. The predicted molar refractivity (Wildman–Crippen MR) is 144 cm³/mol. The van der Waals surface area contributed by atoms with Crippen molar-refractivity contribution in [3.05, 3.63) is 64.7 Å². The van der Waals surface area contributed by atoms with Crippen LogP contribution in [0, 0.1) is 13.8 Å². The highest BCUT2D eigenvalue weighted by atomic mass is 32.2. The third kappa shape index (κ3) is 6.35. The molecule has 0 saturated heterocycles. The van der Waals surface area contributed by atoms with Gasteiger partial charge in [0.2, 0.25) is 5.88 Å². The number of hydrogen-bond donors (Lipinski definition) is 2. The fraction of sp³-hybridized carbons (Fsp3) is 0.357. The maximum atomic E-state index is 11.7. The van der Waals surface area contributed by atoms with Crippen molar-refractivity contribution >= 4 is 23.6 Å². The van der Waals surface area contributed by atoms with Gasteiger partial charge in [0.1, 0.15) is 0 Å². The van der Waals surface area contributed by atoms with Crippen molar-refractivity contribution in [2.75, 3.05) is 17.7 Å². The summed E-state index contributed by atoms with van der Waals surface area (Å²) in [6, 6.07) is 14.2. The zero-order valence-corrected chi connectivity index (χ0v) is 22.3. The maximum Gasteiger partial charge on any atom is 0.307 e. The van der Waals surface area contributed by atoms with Crippen molar-refractivity contribution in [1.29, 1.82) is 0 Å². The number of aliphatic carboxylic acids is 1. The second-order valence-corrected chi connectivity index (χ2v) is 10.4. The average molecular weight is 495 g/mol.